The number of nitrogens with two attached hydrogens (primary N) is 1. The molecule has 2 aromatic rings. The Kier molecular flexibility index (Phi) is 9.05. The molecular formula is C24H32N2O3S. The van der Waals surface area contributed by atoms with Gasteiger partial charge in [-0.2, -0.15) is 11.8 Å². The first-order valence-corrected chi connectivity index (χ1v) is 11.8. The van der Waals surface area contributed by atoms with Crippen LogP contribution in [0.25, 0.3) is 0 Å². The van der Waals surface area contributed by atoms with E-state index in [1.165, 1.54) is 0 Å². The predicted octanol–water partition coefficient (Wildman–Crippen LogP) is 3.54. The first-order valence-electron chi connectivity index (χ1n) is 10.7. The number of hydrogen-bond donors (Lipinski definition) is 3. The third-order valence-corrected chi connectivity index (χ3v) is 6.56. The Morgan fingerprint density at radius 3 is 2.33 bits per heavy atom. The van der Waals surface area contributed by atoms with Crippen molar-refractivity contribution in [2.75, 3.05) is 11.5 Å². The number of nitrogens with one attached hydrogen (secondary N) is 1. The van der Waals surface area contributed by atoms with Crippen LogP contribution in [0.2, 0.25) is 0 Å². The third kappa shape index (κ3) is 7.67. The van der Waals surface area contributed by atoms with E-state index in [4.69, 9.17) is 10.5 Å². The molecule has 1 saturated heterocycles. The zero-order chi connectivity index (χ0) is 21.2. The second-order valence-electron chi connectivity index (χ2n) is 7.93. The molecule has 30 heavy (non-hydrogen) atoms. The van der Waals surface area contributed by atoms with Crippen LogP contribution in [0, 0.1) is 0 Å². The molecule has 1 unspecified atom stereocenters. The fourth-order valence-corrected chi connectivity index (χ4v) is 4.77. The second-order valence-corrected chi connectivity index (χ2v) is 9.08. The van der Waals surface area contributed by atoms with E-state index in [1.807, 2.05) is 72.4 Å². The summed E-state index contributed by atoms with van der Waals surface area (Å²) in [5, 5.41) is 13.7. The average Bonchev–Trinajstić information content (AvgIpc) is 2.75. The molecule has 0 aromatic heterocycles. The largest absolute Gasteiger partial charge is 0.445 e. The van der Waals surface area contributed by atoms with Crippen molar-refractivity contribution in [1.82, 2.24) is 5.32 Å². The van der Waals surface area contributed by atoms with E-state index in [-0.39, 0.29) is 12.1 Å². The number of aliphatic hydroxyl groups excluding tert-OH is 1. The minimum absolute atomic E-state index is 0.0358. The van der Waals surface area contributed by atoms with Crippen molar-refractivity contribution in [2.24, 2.45) is 5.73 Å². The van der Waals surface area contributed by atoms with Crippen LogP contribution in [-0.2, 0) is 17.6 Å². The number of rotatable bonds is 9. The lowest BCUT2D eigenvalue weighted by atomic mass is 9.94. The smallest absolute Gasteiger partial charge is 0.407 e. The summed E-state index contributed by atoms with van der Waals surface area (Å²) in [6, 6.07) is 19.2. The molecule has 1 aliphatic rings. The number of carbonyl (C=O) groups excluding carboxylic acids is 1. The Labute approximate surface area is 183 Å². The predicted molar refractivity (Wildman–Crippen MR) is 123 cm³/mol. The minimum Gasteiger partial charge on any atom is -0.445 e. The summed E-state index contributed by atoms with van der Waals surface area (Å²) in [4.78, 5) is 12.5. The molecule has 1 aliphatic heterocycles. The highest BCUT2D eigenvalue weighted by Crippen LogP contribution is 2.20. The standard InChI is InChI=1S/C24H32N2O3S/c25-22(15-19-10-5-2-6-11-19)23(27)16-20(14-18-8-3-1-4-9-18)26-24(28)29-21-12-7-13-30-17-21/h1-6,8-11,20-23,27H,7,12-17,25H2,(H,26,28)/t20-,21?,22-,23-/m0/s1. The molecule has 4 N–H and O–H groups in total. The summed E-state index contributed by atoms with van der Waals surface area (Å²) in [7, 11) is 0. The fourth-order valence-electron chi connectivity index (χ4n) is 3.74. The van der Waals surface area contributed by atoms with Crippen LogP contribution in [0.5, 0.6) is 0 Å². The van der Waals surface area contributed by atoms with E-state index in [0.29, 0.717) is 19.3 Å². The van der Waals surface area contributed by atoms with E-state index in [1.54, 1.807) is 0 Å². The number of amides is 1. The lowest BCUT2D eigenvalue weighted by Crippen LogP contribution is -2.45. The SMILES string of the molecule is N[C@@H](Cc1ccccc1)[C@@H](O)C[C@H](Cc1ccccc1)NC(=O)OC1CCCSC1. The van der Waals surface area contributed by atoms with Gasteiger partial charge in [0.25, 0.3) is 0 Å². The molecule has 0 radical (unpaired) electrons. The molecule has 1 heterocycles. The van der Waals surface area contributed by atoms with Crippen molar-refractivity contribution in [3.63, 3.8) is 0 Å². The molecular weight excluding hydrogens is 396 g/mol. The minimum atomic E-state index is -0.732. The first kappa shape index (κ1) is 22.7. The number of carbonyl (C=O) groups is 1. The van der Waals surface area contributed by atoms with Crippen molar-refractivity contribution in [3.8, 4) is 0 Å². The average molecular weight is 429 g/mol. The molecule has 4 atom stereocenters. The van der Waals surface area contributed by atoms with Crippen molar-refractivity contribution in [3.05, 3.63) is 71.8 Å². The summed E-state index contributed by atoms with van der Waals surface area (Å²) in [5.41, 5.74) is 8.46. The van der Waals surface area contributed by atoms with Gasteiger partial charge in [-0.1, -0.05) is 60.7 Å². The molecule has 0 bridgehead atoms. The Hall–Kier alpha value is -2.02. The van der Waals surface area contributed by atoms with Crippen molar-refractivity contribution in [1.29, 1.82) is 0 Å². The van der Waals surface area contributed by atoms with Gasteiger partial charge in [0.05, 0.1) is 6.10 Å². The second kappa shape index (κ2) is 12.0. The van der Waals surface area contributed by atoms with Gasteiger partial charge < -0.3 is 20.9 Å². The summed E-state index contributed by atoms with van der Waals surface area (Å²) >= 11 is 1.82. The van der Waals surface area contributed by atoms with Gasteiger partial charge in [-0.05, 0) is 49.0 Å². The first-order chi connectivity index (χ1) is 14.6. The summed E-state index contributed by atoms with van der Waals surface area (Å²) in [6.07, 6.45) is 2.38. The Morgan fingerprint density at radius 1 is 1.10 bits per heavy atom. The fraction of sp³-hybridized carbons (Fsp3) is 0.458. The van der Waals surface area contributed by atoms with Gasteiger partial charge in [0, 0.05) is 17.8 Å². The van der Waals surface area contributed by atoms with Crippen LogP contribution in [0.3, 0.4) is 0 Å². The highest BCUT2D eigenvalue weighted by Gasteiger charge is 2.24. The normalized spacial score (nSPS) is 19.5. The summed E-state index contributed by atoms with van der Waals surface area (Å²) < 4.78 is 5.61. The molecule has 2 aromatic carbocycles. The molecule has 0 aliphatic carbocycles. The number of hydrogen-bond acceptors (Lipinski definition) is 5. The number of benzene rings is 2. The third-order valence-electron chi connectivity index (χ3n) is 5.37. The van der Waals surface area contributed by atoms with Crippen LogP contribution in [0.1, 0.15) is 30.4 Å². The van der Waals surface area contributed by atoms with Crippen LogP contribution >= 0.6 is 11.8 Å². The van der Waals surface area contributed by atoms with Crippen LogP contribution in [0.15, 0.2) is 60.7 Å². The van der Waals surface area contributed by atoms with Crippen LogP contribution in [-0.4, -0.2) is 47.0 Å². The van der Waals surface area contributed by atoms with E-state index < -0.39 is 18.2 Å². The summed E-state index contributed by atoms with van der Waals surface area (Å²) in [5.74, 6) is 1.98. The molecule has 3 rings (SSSR count). The number of alkyl carbamates (subject to hydrolysis) is 1. The molecule has 1 fully saturated rings. The quantitative estimate of drug-likeness (QED) is 0.569. The highest BCUT2D eigenvalue weighted by atomic mass is 32.2. The van der Waals surface area contributed by atoms with Gasteiger partial charge >= 0.3 is 6.09 Å². The molecule has 162 valence electrons. The lowest BCUT2D eigenvalue weighted by Gasteiger charge is -2.27. The monoisotopic (exact) mass is 428 g/mol. The highest BCUT2D eigenvalue weighted by molar-refractivity contribution is 7.99. The number of thioether (sulfide) groups is 1. The molecule has 0 spiro atoms. The van der Waals surface area contributed by atoms with Crippen LogP contribution in [0.4, 0.5) is 4.79 Å². The van der Waals surface area contributed by atoms with Gasteiger partial charge in [0.1, 0.15) is 6.10 Å². The van der Waals surface area contributed by atoms with Gasteiger partial charge in [-0.25, -0.2) is 4.79 Å². The Balaban J connectivity index is 1.58. The van der Waals surface area contributed by atoms with Crippen molar-refractivity contribution < 1.29 is 14.6 Å². The van der Waals surface area contributed by atoms with Gasteiger partial charge in [0.2, 0.25) is 0 Å². The maximum atomic E-state index is 12.5. The van der Waals surface area contributed by atoms with Crippen LogP contribution < -0.4 is 11.1 Å². The van der Waals surface area contributed by atoms with E-state index >= 15 is 0 Å². The molecule has 5 nitrogen and oxygen atoms in total. The molecule has 0 saturated carbocycles. The van der Waals surface area contributed by atoms with Crippen molar-refractivity contribution in [2.45, 2.75) is 56.4 Å². The molecule has 1 amide bonds. The van der Waals surface area contributed by atoms with Gasteiger partial charge in [-0.15, -0.1) is 0 Å². The Bertz CT molecular complexity index is 754. The number of ether oxygens (including phenoxy) is 1. The topological polar surface area (TPSA) is 84.6 Å². The number of aliphatic hydroxyl groups is 1. The maximum Gasteiger partial charge on any atom is 0.407 e. The molecule has 6 heteroatoms. The van der Waals surface area contributed by atoms with E-state index in [2.05, 4.69) is 5.32 Å². The van der Waals surface area contributed by atoms with E-state index in [9.17, 15) is 9.90 Å². The maximum absolute atomic E-state index is 12.5. The zero-order valence-corrected chi connectivity index (χ0v) is 18.1. The Morgan fingerprint density at radius 2 is 1.73 bits per heavy atom. The van der Waals surface area contributed by atoms with E-state index in [0.717, 1.165) is 35.5 Å². The van der Waals surface area contributed by atoms with Crippen molar-refractivity contribution >= 4 is 17.9 Å². The zero-order valence-electron chi connectivity index (χ0n) is 17.3. The van der Waals surface area contributed by atoms with Gasteiger partial charge in [0.15, 0.2) is 0 Å². The van der Waals surface area contributed by atoms with Gasteiger partial charge in [-0.3, -0.25) is 0 Å². The lowest BCUT2D eigenvalue weighted by molar-refractivity contribution is 0.0902. The summed E-state index contributed by atoms with van der Waals surface area (Å²) in [6.45, 7) is 0.